The number of carbonyl (C=O) groups excluding carboxylic acids is 1. The third kappa shape index (κ3) is 5.04. The number of ether oxygens (including phenoxy) is 1. The summed E-state index contributed by atoms with van der Waals surface area (Å²) in [5.41, 5.74) is 1.48. The summed E-state index contributed by atoms with van der Waals surface area (Å²) in [4.78, 5) is 11.3. The molecule has 0 aliphatic rings. The molecular weight excluding hydrogens is 340 g/mol. The van der Waals surface area contributed by atoms with Crippen LogP contribution < -0.4 is 14.8 Å². The minimum absolute atomic E-state index is 0.0384. The largest absolute Gasteiger partial charge is 0.495 e. The average molecular weight is 362 g/mol. The predicted molar refractivity (Wildman–Crippen MR) is 97.3 cm³/mol. The summed E-state index contributed by atoms with van der Waals surface area (Å²) in [5.74, 6) is 0.0643. The molecule has 7 heteroatoms. The zero-order chi connectivity index (χ0) is 18.4. The summed E-state index contributed by atoms with van der Waals surface area (Å²) in [6.07, 6.45) is 0. The van der Waals surface area contributed by atoms with E-state index in [0.29, 0.717) is 5.69 Å². The third-order valence-electron chi connectivity index (χ3n) is 3.74. The molecule has 25 heavy (non-hydrogen) atoms. The Morgan fingerprint density at radius 1 is 1.16 bits per heavy atom. The van der Waals surface area contributed by atoms with Crippen molar-refractivity contribution in [3.63, 3.8) is 0 Å². The van der Waals surface area contributed by atoms with E-state index >= 15 is 0 Å². The Labute approximate surface area is 148 Å². The van der Waals surface area contributed by atoms with Crippen LogP contribution in [0.15, 0.2) is 53.4 Å². The van der Waals surface area contributed by atoms with Gasteiger partial charge in [-0.2, -0.15) is 0 Å². The molecule has 2 rings (SSSR count). The molecule has 2 aromatic carbocycles. The number of amides is 1. The molecule has 134 valence electrons. The number of benzene rings is 2. The van der Waals surface area contributed by atoms with Crippen molar-refractivity contribution >= 4 is 21.6 Å². The standard InChI is InChI=1S/C18H22N2O4S/c1-13(15-7-5-4-6-8-15)12-19-25(22,23)16-9-10-17(20-14(2)21)18(11-16)24-3/h4-11,13,19H,12H2,1-3H3,(H,20,21)/t13-/m1/s1. The molecule has 0 saturated heterocycles. The van der Waals surface area contributed by atoms with Crippen LogP contribution in [0.5, 0.6) is 5.75 Å². The topological polar surface area (TPSA) is 84.5 Å². The molecule has 0 unspecified atom stereocenters. The highest BCUT2D eigenvalue weighted by molar-refractivity contribution is 7.89. The third-order valence-corrected chi connectivity index (χ3v) is 5.16. The summed E-state index contributed by atoms with van der Waals surface area (Å²) in [7, 11) is -2.27. The predicted octanol–water partition coefficient (Wildman–Crippen LogP) is 2.74. The molecule has 6 nitrogen and oxygen atoms in total. The van der Waals surface area contributed by atoms with Crippen LogP contribution in [-0.2, 0) is 14.8 Å². The normalized spacial score (nSPS) is 12.4. The SMILES string of the molecule is COc1cc(S(=O)(=O)NC[C@@H](C)c2ccccc2)ccc1NC(C)=O. The van der Waals surface area contributed by atoms with E-state index < -0.39 is 10.0 Å². The van der Waals surface area contributed by atoms with Crippen molar-refractivity contribution in [1.82, 2.24) is 4.72 Å². The van der Waals surface area contributed by atoms with Gasteiger partial charge in [-0.15, -0.1) is 0 Å². The number of rotatable bonds is 7. The van der Waals surface area contributed by atoms with Crippen molar-refractivity contribution < 1.29 is 17.9 Å². The fraction of sp³-hybridized carbons (Fsp3) is 0.278. The number of carbonyl (C=O) groups is 1. The molecule has 0 radical (unpaired) electrons. The van der Waals surface area contributed by atoms with Gasteiger partial charge in [0.05, 0.1) is 17.7 Å². The smallest absolute Gasteiger partial charge is 0.240 e. The molecule has 1 atom stereocenters. The van der Waals surface area contributed by atoms with E-state index in [9.17, 15) is 13.2 Å². The minimum atomic E-state index is -3.68. The second-order valence-electron chi connectivity index (χ2n) is 5.71. The molecule has 1 amide bonds. The van der Waals surface area contributed by atoms with E-state index in [1.807, 2.05) is 37.3 Å². The van der Waals surface area contributed by atoms with Gasteiger partial charge in [-0.3, -0.25) is 4.79 Å². The lowest BCUT2D eigenvalue weighted by Crippen LogP contribution is -2.27. The molecule has 2 aromatic rings. The lowest BCUT2D eigenvalue weighted by molar-refractivity contribution is -0.114. The van der Waals surface area contributed by atoms with Crippen LogP contribution in [0.25, 0.3) is 0 Å². The summed E-state index contributed by atoms with van der Waals surface area (Å²) in [6.45, 7) is 3.61. The quantitative estimate of drug-likeness (QED) is 0.793. The van der Waals surface area contributed by atoms with Crippen molar-refractivity contribution in [3.05, 3.63) is 54.1 Å². The zero-order valence-electron chi connectivity index (χ0n) is 14.4. The van der Waals surface area contributed by atoms with Gasteiger partial charge in [0.1, 0.15) is 5.75 Å². The first-order valence-corrected chi connectivity index (χ1v) is 9.32. The lowest BCUT2D eigenvalue weighted by atomic mass is 10.0. The first kappa shape index (κ1) is 19.0. The fourth-order valence-electron chi connectivity index (χ4n) is 2.35. The fourth-order valence-corrected chi connectivity index (χ4v) is 3.49. The molecule has 2 N–H and O–H groups in total. The van der Waals surface area contributed by atoms with Gasteiger partial charge in [0.2, 0.25) is 15.9 Å². The van der Waals surface area contributed by atoms with E-state index in [2.05, 4.69) is 10.0 Å². The summed E-state index contributed by atoms with van der Waals surface area (Å²) in [6, 6.07) is 14.0. The van der Waals surface area contributed by atoms with Gasteiger partial charge in [0.25, 0.3) is 0 Å². The van der Waals surface area contributed by atoms with E-state index in [-0.39, 0.29) is 29.0 Å². The summed E-state index contributed by atoms with van der Waals surface area (Å²) in [5, 5.41) is 2.60. The Balaban J connectivity index is 2.15. The highest BCUT2D eigenvalue weighted by Gasteiger charge is 2.18. The van der Waals surface area contributed by atoms with Gasteiger partial charge in [-0.05, 0) is 23.6 Å². The van der Waals surface area contributed by atoms with E-state index in [1.54, 1.807) is 0 Å². The van der Waals surface area contributed by atoms with Crippen LogP contribution in [0.3, 0.4) is 0 Å². The molecule has 0 aliphatic heterocycles. The Hall–Kier alpha value is -2.38. The van der Waals surface area contributed by atoms with E-state index in [0.717, 1.165) is 5.56 Å². The zero-order valence-corrected chi connectivity index (χ0v) is 15.3. The Kier molecular flexibility index (Phi) is 6.17. The molecule has 0 saturated carbocycles. The van der Waals surface area contributed by atoms with E-state index in [4.69, 9.17) is 4.74 Å². The highest BCUT2D eigenvalue weighted by atomic mass is 32.2. The van der Waals surface area contributed by atoms with Crippen molar-refractivity contribution in [2.75, 3.05) is 19.0 Å². The minimum Gasteiger partial charge on any atom is -0.495 e. The maximum absolute atomic E-state index is 12.5. The molecule has 0 heterocycles. The molecule has 0 fully saturated rings. The van der Waals surface area contributed by atoms with Crippen molar-refractivity contribution in [2.45, 2.75) is 24.7 Å². The number of methoxy groups -OCH3 is 1. The van der Waals surface area contributed by atoms with E-state index in [1.165, 1.54) is 32.2 Å². The molecule has 0 aliphatic carbocycles. The molecular formula is C18H22N2O4S. The second-order valence-corrected chi connectivity index (χ2v) is 7.47. The van der Waals surface area contributed by atoms with Gasteiger partial charge in [0, 0.05) is 19.5 Å². The Morgan fingerprint density at radius 3 is 2.44 bits per heavy atom. The number of anilines is 1. The van der Waals surface area contributed by atoms with Crippen LogP contribution in [-0.4, -0.2) is 28.0 Å². The maximum atomic E-state index is 12.5. The monoisotopic (exact) mass is 362 g/mol. The van der Waals surface area contributed by atoms with Crippen molar-refractivity contribution in [3.8, 4) is 5.75 Å². The van der Waals surface area contributed by atoms with Crippen LogP contribution in [0.1, 0.15) is 25.3 Å². The number of sulfonamides is 1. The van der Waals surface area contributed by atoms with Gasteiger partial charge < -0.3 is 10.1 Å². The van der Waals surface area contributed by atoms with Gasteiger partial charge in [-0.1, -0.05) is 37.3 Å². The van der Waals surface area contributed by atoms with Crippen molar-refractivity contribution in [1.29, 1.82) is 0 Å². The number of hydrogen-bond acceptors (Lipinski definition) is 4. The average Bonchev–Trinajstić information content (AvgIpc) is 2.60. The molecule has 0 bridgehead atoms. The highest BCUT2D eigenvalue weighted by Crippen LogP contribution is 2.27. The van der Waals surface area contributed by atoms with Gasteiger partial charge in [0.15, 0.2) is 0 Å². The molecule has 0 aromatic heterocycles. The van der Waals surface area contributed by atoms with Crippen LogP contribution >= 0.6 is 0 Å². The first-order valence-electron chi connectivity index (χ1n) is 7.83. The lowest BCUT2D eigenvalue weighted by Gasteiger charge is -2.15. The van der Waals surface area contributed by atoms with Crippen molar-refractivity contribution in [2.24, 2.45) is 0 Å². The van der Waals surface area contributed by atoms with Crippen LogP contribution in [0, 0.1) is 0 Å². The number of hydrogen-bond donors (Lipinski definition) is 2. The Bertz CT molecular complexity index is 835. The molecule has 0 spiro atoms. The summed E-state index contributed by atoms with van der Waals surface area (Å²) < 4.78 is 32.8. The summed E-state index contributed by atoms with van der Waals surface area (Å²) >= 11 is 0. The van der Waals surface area contributed by atoms with Crippen LogP contribution in [0.2, 0.25) is 0 Å². The Morgan fingerprint density at radius 2 is 1.84 bits per heavy atom. The van der Waals surface area contributed by atoms with Gasteiger partial charge in [-0.25, -0.2) is 13.1 Å². The second kappa shape index (κ2) is 8.13. The maximum Gasteiger partial charge on any atom is 0.240 e. The van der Waals surface area contributed by atoms with Gasteiger partial charge >= 0.3 is 0 Å². The van der Waals surface area contributed by atoms with Crippen LogP contribution in [0.4, 0.5) is 5.69 Å². The number of nitrogens with one attached hydrogen (secondary N) is 2. The first-order chi connectivity index (χ1) is 11.8.